The third-order valence-electron chi connectivity index (χ3n) is 2.45. The molecule has 2 aromatic rings. The minimum absolute atomic E-state index is 0.362. The van der Waals surface area contributed by atoms with Crippen molar-refractivity contribution in [1.29, 1.82) is 0 Å². The predicted molar refractivity (Wildman–Crippen MR) is 69.7 cm³/mol. The maximum Gasteiger partial charge on any atom is 0.416 e. The summed E-state index contributed by atoms with van der Waals surface area (Å²) in [5.74, 6) is 0.936. The van der Waals surface area contributed by atoms with Crippen molar-refractivity contribution in [2.45, 2.75) is 6.18 Å². The highest BCUT2D eigenvalue weighted by molar-refractivity contribution is 9.10. The number of hydrogen-bond donors (Lipinski definition) is 1. The minimum Gasteiger partial charge on any atom is -0.372 e. The summed E-state index contributed by atoms with van der Waals surface area (Å²) in [5, 5.41) is 2.86. The van der Waals surface area contributed by atoms with Crippen molar-refractivity contribution >= 4 is 21.7 Å². The van der Waals surface area contributed by atoms with Gasteiger partial charge >= 0.3 is 6.18 Å². The standard InChI is InChI=1S/C12H9BrF3N3/c1-17-11-9(13)6-18-10(19-11)7-2-4-8(5-3-7)12(14,15)16/h2-6H,1H3,(H,17,18,19). The van der Waals surface area contributed by atoms with Gasteiger partial charge in [0.25, 0.3) is 0 Å². The molecule has 0 fully saturated rings. The fourth-order valence-corrected chi connectivity index (χ4v) is 1.88. The fourth-order valence-electron chi connectivity index (χ4n) is 1.49. The molecular formula is C12H9BrF3N3. The van der Waals surface area contributed by atoms with Gasteiger partial charge in [0.05, 0.1) is 10.0 Å². The first-order valence-corrected chi connectivity index (χ1v) is 6.09. The smallest absolute Gasteiger partial charge is 0.372 e. The zero-order valence-electron chi connectivity index (χ0n) is 9.79. The quantitative estimate of drug-likeness (QED) is 0.904. The molecule has 0 spiro atoms. The number of anilines is 1. The predicted octanol–water partition coefficient (Wildman–Crippen LogP) is 3.97. The van der Waals surface area contributed by atoms with Crippen LogP contribution in [0.25, 0.3) is 11.4 Å². The highest BCUT2D eigenvalue weighted by Gasteiger charge is 2.30. The molecule has 0 aliphatic rings. The lowest BCUT2D eigenvalue weighted by Gasteiger charge is -2.08. The average molecular weight is 332 g/mol. The first kappa shape index (κ1) is 13.8. The largest absolute Gasteiger partial charge is 0.416 e. The Kier molecular flexibility index (Phi) is 3.75. The molecule has 1 aromatic heterocycles. The summed E-state index contributed by atoms with van der Waals surface area (Å²) >= 11 is 3.26. The van der Waals surface area contributed by atoms with Gasteiger partial charge in [-0.1, -0.05) is 12.1 Å². The lowest BCUT2D eigenvalue weighted by atomic mass is 10.1. The molecule has 2 rings (SSSR count). The van der Waals surface area contributed by atoms with Crippen molar-refractivity contribution in [1.82, 2.24) is 9.97 Å². The van der Waals surface area contributed by atoms with E-state index in [1.807, 2.05) is 0 Å². The fraction of sp³-hybridized carbons (Fsp3) is 0.167. The summed E-state index contributed by atoms with van der Waals surface area (Å²) in [6, 6.07) is 4.73. The van der Waals surface area contributed by atoms with Crippen molar-refractivity contribution < 1.29 is 13.2 Å². The molecule has 0 unspecified atom stereocenters. The molecule has 0 atom stereocenters. The van der Waals surface area contributed by atoms with Crippen LogP contribution >= 0.6 is 15.9 Å². The Morgan fingerprint density at radius 3 is 2.32 bits per heavy atom. The van der Waals surface area contributed by atoms with E-state index in [0.717, 1.165) is 12.1 Å². The first-order valence-electron chi connectivity index (χ1n) is 5.29. The van der Waals surface area contributed by atoms with Crippen LogP contribution in [0.1, 0.15) is 5.56 Å². The van der Waals surface area contributed by atoms with Crippen LogP contribution < -0.4 is 5.32 Å². The number of benzene rings is 1. The van der Waals surface area contributed by atoms with E-state index in [1.165, 1.54) is 12.1 Å². The number of alkyl halides is 3. The zero-order valence-corrected chi connectivity index (χ0v) is 11.4. The van der Waals surface area contributed by atoms with E-state index in [0.29, 0.717) is 21.7 Å². The maximum absolute atomic E-state index is 12.4. The molecule has 3 nitrogen and oxygen atoms in total. The molecule has 0 radical (unpaired) electrons. The second kappa shape index (κ2) is 5.16. The number of hydrogen-bond acceptors (Lipinski definition) is 3. The Balaban J connectivity index is 2.37. The molecule has 0 aliphatic carbocycles. The summed E-state index contributed by atoms with van der Waals surface area (Å²) in [6.45, 7) is 0. The number of nitrogens with zero attached hydrogens (tertiary/aromatic N) is 2. The second-order valence-corrected chi connectivity index (χ2v) is 4.57. The summed E-state index contributed by atoms with van der Waals surface area (Å²) < 4.78 is 38.0. The monoisotopic (exact) mass is 331 g/mol. The van der Waals surface area contributed by atoms with Crippen molar-refractivity contribution in [2.75, 3.05) is 12.4 Å². The van der Waals surface area contributed by atoms with Crippen molar-refractivity contribution in [3.63, 3.8) is 0 Å². The van der Waals surface area contributed by atoms with Gasteiger partial charge in [-0.2, -0.15) is 13.2 Å². The van der Waals surface area contributed by atoms with Gasteiger partial charge in [0, 0.05) is 18.8 Å². The van der Waals surface area contributed by atoms with E-state index in [1.54, 1.807) is 13.2 Å². The first-order chi connectivity index (χ1) is 8.91. The maximum atomic E-state index is 12.4. The molecular weight excluding hydrogens is 323 g/mol. The van der Waals surface area contributed by atoms with E-state index in [4.69, 9.17) is 0 Å². The zero-order chi connectivity index (χ0) is 14.0. The number of halogens is 4. The normalized spacial score (nSPS) is 11.4. The van der Waals surface area contributed by atoms with Crippen molar-refractivity contribution in [3.05, 3.63) is 40.5 Å². The third-order valence-corrected chi connectivity index (χ3v) is 3.03. The molecule has 19 heavy (non-hydrogen) atoms. The van der Waals surface area contributed by atoms with E-state index in [2.05, 4.69) is 31.2 Å². The molecule has 100 valence electrons. The summed E-state index contributed by atoms with van der Waals surface area (Å²) in [5.41, 5.74) is -0.167. The van der Waals surface area contributed by atoms with E-state index >= 15 is 0 Å². The Labute approximate surface area is 116 Å². The summed E-state index contributed by atoms with van der Waals surface area (Å²) in [4.78, 5) is 8.27. The van der Waals surface area contributed by atoms with Gasteiger partial charge in [-0.15, -0.1) is 0 Å². The van der Waals surface area contributed by atoms with Crippen LogP contribution in [0.4, 0.5) is 19.0 Å². The lowest BCUT2D eigenvalue weighted by molar-refractivity contribution is -0.137. The van der Waals surface area contributed by atoms with E-state index in [-0.39, 0.29) is 0 Å². The Bertz CT molecular complexity index is 582. The van der Waals surface area contributed by atoms with Crippen molar-refractivity contribution in [2.24, 2.45) is 0 Å². The molecule has 1 heterocycles. The topological polar surface area (TPSA) is 37.8 Å². The highest BCUT2D eigenvalue weighted by atomic mass is 79.9. The molecule has 0 saturated heterocycles. The number of nitrogens with one attached hydrogen (secondary N) is 1. The van der Waals surface area contributed by atoms with Gasteiger partial charge in [0.2, 0.25) is 0 Å². The SMILES string of the molecule is CNc1nc(-c2ccc(C(F)(F)F)cc2)ncc1Br. The molecule has 1 N–H and O–H groups in total. The third kappa shape index (κ3) is 3.04. The van der Waals surface area contributed by atoms with Gasteiger partial charge in [0.15, 0.2) is 5.82 Å². The van der Waals surface area contributed by atoms with Crippen LogP contribution in [0.5, 0.6) is 0 Å². The van der Waals surface area contributed by atoms with Gasteiger partial charge in [-0.05, 0) is 28.1 Å². The number of aromatic nitrogens is 2. The highest BCUT2D eigenvalue weighted by Crippen LogP contribution is 2.30. The molecule has 0 aliphatic heterocycles. The van der Waals surface area contributed by atoms with Gasteiger partial charge < -0.3 is 5.32 Å². The number of rotatable bonds is 2. The minimum atomic E-state index is -4.34. The van der Waals surface area contributed by atoms with Crippen LogP contribution in [-0.4, -0.2) is 17.0 Å². The van der Waals surface area contributed by atoms with Crippen LogP contribution in [-0.2, 0) is 6.18 Å². The Morgan fingerprint density at radius 2 is 1.79 bits per heavy atom. The van der Waals surface area contributed by atoms with Gasteiger partial charge in [-0.3, -0.25) is 0 Å². The van der Waals surface area contributed by atoms with Crippen LogP contribution in [0, 0.1) is 0 Å². The Morgan fingerprint density at radius 1 is 1.16 bits per heavy atom. The molecule has 0 saturated carbocycles. The van der Waals surface area contributed by atoms with E-state index < -0.39 is 11.7 Å². The summed E-state index contributed by atoms with van der Waals surface area (Å²) in [6.07, 6.45) is -2.79. The second-order valence-electron chi connectivity index (χ2n) is 3.72. The lowest BCUT2D eigenvalue weighted by Crippen LogP contribution is -2.04. The molecule has 0 bridgehead atoms. The van der Waals surface area contributed by atoms with Gasteiger partial charge in [-0.25, -0.2) is 9.97 Å². The molecule has 0 amide bonds. The van der Waals surface area contributed by atoms with Crippen LogP contribution in [0.15, 0.2) is 34.9 Å². The molecule has 1 aromatic carbocycles. The molecule has 7 heteroatoms. The average Bonchev–Trinajstić information content (AvgIpc) is 2.38. The Hall–Kier alpha value is -1.63. The van der Waals surface area contributed by atoms with Crippen molar-refractivity contribution in [3.8, 4) is 11.4 Å². The van der Waals surface area contributed by atoms with Crippen LogP contribution in [0.2, 0.25) is 0 Å². The van der Waals surface area contributed by atoms with Gasteiger partial charge in [0.1, 0.15) is 5.82 Å². The summed E-state index contributed by atoms with van der Waals surface area (Å²) in [7, 11) is 1.70. The van der Waals surface area contributed by atoms with E-state index in [9.17, 15) is 13.2 Å². The van der Waals surface area contributed by atoms with Crippen LogP contribution in [0.3, 0.4) is 0 Å².